The van der Waals surface area contributed by atoms with Gasteiger partial charge in [0.1, 0.15) is 6.10 Å². The summed E-state index contributed by atoms with van der Waals surface area (Å²) < 4.78 is 5.28. The Bertz CT molecular complexity index is 273. The normalized spacial score (nSPS) is 17.1. The van der Waals surface area contributed by atoms with Crippen molar-refractivity contribution >= 4 is 5.97 Å². The van der Waals surface area contributed by atoms with Crippen LogP contribution in [0.5, 0.6) is 0 Å². The summed E-state index contributed by atoms with van der Waals surface area (Å²) in [4.78, 5) is 11.7. The predicted molar refractivity (Wildman–Crippen MR) is 71.1 cm³/mol. The van der Waals surface area contributed by atoms with Crippen molar-refractivity contribution in [2.75, 3.05) is 0 Å². The average molecular weight is 258 g/mol. The molecule has 18 heavy (non-hydrogen) atoms. The van der Waals surface area contributed by atoms with Crippen LogP contribution in [0.25, 0.3) is 0 Å². The molecule has 0 saturated heterocycles. The molecular formula is C14H26O4. The van der Waals surface area contributed by atoms with E-state index in [1.54, 1.807) is 19.9 Å². The Balaban J connectivity index is 4.45. The van der Waals surface area contributed by atoms with Crippen LogP contribution in [0.1, 0.15) is 53.4 Å². The first-order chi connectivity index (χ1) is 8.46. The molecule has 2 N–H and O–H groups in total. The standard InChI is InChI=1S/C14H26O4/c1-5-10(4)14(17)18-13(12(16)7-3)9-8-11(15)6-2/h5,11-13,15-16H,6-9H2,1-4H3. The van der Waals surface area contributed by atoms with E-state index in [1.807, 2.05) is 13.8 Å². The zero-order valence-electron chi connectivity index (χ0n) is 11.8. The lowest BCUT2D eigenvalue weighted by Gasteiger charge is -2.23. The molecule has 0 aliphatic rings. The van der Waals surface area contributed by atoms with Crippen molar-refractivity contribution in [2.24, 2.45) is 0 Å². The maximum Gasteiger partial charge on any atom is 0.333 e. The summed E-state index contributed by atoms with van der Waals surface area (Å²) in [5.74, 6) is -0.402. The van der Waals surface area contributed by atoms with Gasteiger partial charge in [-0.2, -0.15) is 0 Å². The topological polar surface area (TPSA) is 66.8 Å². The Kier molecular flexibility index (Phi) is 8.67. The lowest BCUT2D eigenvalue weighted by molar-refractivity contribution is -0.151. The lowest BCUT2D eigenvalue weighted by Crippen LogP contribution is -2.32. The summed E-state index contributed by atoms with van der Waals surface area (Å²) in [6.45, 7) is 7.18. The molecule has 0 amide bonds. The Labute approximate surface area is 110 Å². The maximum absolute atomic E-state index is 11.7. The fourth-order valence-corrected chi connectivity index (χ4v) is 1.50. The van der Waals surface area contributed by atoms with Gasteiger partial charge >= 0.3 is 5.97 Å². The second-order valence-electron chi connectivity index (χ2n) is 4.53. The molecule has 0 bridgehead atoms. The van der Waals surface area contributed by atoms with Gasteiger partial charge in [0.15, 0.2) is 0 Å². The Hall–Kier alpha value is -0.870. The number of aliphatic hydroxyl groups is 2. The molecular weight excluding hydrogens is 232 g/mol. The van der Waals surface area contributed by atoms with Crippen molar-refractivity contribution in [3.63, 3.8) is 0 Å². The van der Waals surface area contributed by atoms with Crippen LogP contribution in [0, 0.1) is 0 Å². The van der Waals surface area contributed by atoms with Crippen LogP contribution in [0.15, 0.2) is 11.6 Å². The Morgan fingerprint density at radius 3 is 2.28 bits per heavy atom. The van der Waals surface area contributed by atoms with Gasteiger partial charge in [-0.25, -0.2) is 4.79 Å². The highest BCUT2D eigenvalue weighted by Gasteiger charge is 2.23. The van der Waals surface area contributed by atoms with Gasteiger partial charge in [0.05, 0.1) is 12.2 Å². The van der Waals surface area contributed by atoms with E-state index >= 15 is 0 Å². The number of esters is 1. The van der Waals surface area contributed by atoms with Gasteiger partial charge in [0.25, 0.3) is 0 Å². The second kappa shape index (κ2) is 9.11. The SMILES string of the molecule is CC=C(C)C(=O)OC(CCC(O)CC)C(O)CC. The first kappa shape index (κ1) is 17.1. The smallest absolute Gasteiger partial charge is 0.333 e. The minimum absolute atomic E-state index is 0.402. The predicted octanol–water partition coefficient (Wildman–Crippen LogP) is 2.19. The summed E-state index contributed by atoms with van der Waals surface area (Å²) in [6, 6.07) is 0. The highest BCUT2D eigenvalue weighted by atomic mass is 16.6. The Morgan fingerprint density at radius 2 is 1.83 bits per heavy atom. The molecule has 0 spiro atoms. The molecule has 0 aliphatic carbocycles. The third-order valence-electron chi connectivity index (χ3n) is 3.12. The zero-order chi connectivity index (χ0) is 14.1. The third kappa shape index (κ3) is 6.17. The number of allylic oxidation sites excluding steroid dienone is 1. The summed E-state index contributed by atoms with van der Waals surface area (Å²) in [6.07, 6.45) is 2.25. The van der Waals surface area contributed by atoms with Crippen LogP contribution in [0.4, 0.5) is 0 Å². The number of carbonyl (C=O) groups is 1. The van der Waals surface area contributed by atoms with E-state index in [0.29, 0.717) is 31.3 Å². The molecule has 0 aromatic rings. The molecule has 3 unspecified atom stereocenters. The van der Waals surface area contributed by atoms with Crippen molar-refractivity contribution in [3.8, 4) is 0 Å². The van der Waals surface area contributed by atoms with Crippen LogP contribution in [-0.2, 0) is 9.53 Å². The monoisotopic (exact) mass is 258 g/mol. The van der Waals surface area contributed by atoms with Crippen LogP contribution in [0.2, 0.25) is 0 Å². The lowest BCUT2D eigenvalue weighted by atomic mass is 10.0. The molecule has 0 aromatic heterocycles. The summed E-state index contributed by atoms with van der Waals surface area (Å²) in [5.41, 5.74) is 0.527. The van der Waals surface area contributed by atoms with E-state index in [9.17, 15) is 15.0 Å². The van der Waals surface area contributed by atoms with Gasteiger partial charge in [0.2, 0.25) is 0 Å². The number of carbonyl (C=O) groups excluding carboxylic acids is 1. The molecule has 106 valence electrons. The second-order valence-corrected chi connectivity index (χ2v) is 4.53. The van der Waals surface area contributed by atoms with Crippen molar-refractivity contribution < 1.29 is 19.7 Å². The van der Waals surface area contributed by atoms with E-state index in [-0.39, 0.29) is 0 Å². The minimum atomic E-state index is -0.678. The number of hydrogen-bond acceptors (Lipinski definition) is 4. The van der Waals surface area contributed by atoms with Crippen LogP contribution < -0.4 is 0 Å². The first-order valence-corrected chi connectivity index (χ1v) is 6.66. The Morgan fingerprint density at radius 1 is 1.22 bits per heavy atom. The first-order valence-electron chi connectivity index (χ1n) is 6.66. The molecule has 0 saturated carbocycles. The highest BCUT2D eigenvalue weighted by Crippen LogP contribution is 2.15. The average Bonchev–Trinajstić information content (AvgIpc) is 2.40. The maximum atomic E-state index is 11.7. The van der Waals surface area contributed by atoms with Gasteiger partial charge in [-0.15, -0.1) is 0 Å². The quantitative estimate of drug-likeness (QED) is 0.517. The molecule has 0 aromatic carbocycles. The van der Waals surface area contributed by atoms with E-state index in [1.165, 1.54) is 0 Å². The molecule has 0 fully saturated rings. The third-order valence-corrected chi connectivity index (χ3v) is 3.12. The number of rotatable bonds is 8. The summed E-state index contributed by atoms with van der Waals surface area (Å²) >= 11 is 0. The van der Waals surface area contributed by atoms with Gasteiger partial charge in [-0.1, -0.05) is 19.9 Å². The van der Waals surface area contributed by atoms with Gasteiger partial charge < -0.3 is 14.9 Å². The molecule has 0 aliphatic heterocycles. The molecule has 4 heteroatoms. The minimum Gasteiger partial charge on any atom is -0.456 e. The van der Waals surface area contributed by atoms with Gasteiger partial charge in [0, 0.05) is 5.57 Å². The van der Waals surface area contributed by atoms with Gasteiger partial charge in [-0.05, 0) is 39.5 Å². The molecule has 0 rings (SSSR count). The van der Waals surface area contributed by atoms with Crippen LogP contribution in [-0.4, -0.2) is 34.5 Å². The van der Waals surface area contributed by atoms with E-state index in [0.717, 1.165) is 0 Å². The zero-order valence-corrected chi connectivity index (χ0v) is 11.8. The molecule has 3 atom stereocenters. The van der Waals surface area contributed by atoms with Crippen LogP contribution >= 0.6 is 0 Å². The highest BCUT2D eigenvalue weighted by molar-refractivity contribution is 5.87. The van der Waals surface area contributed by atoms with E-state index in [4.69, 9.17) is 4.74 Å². The van der Waals surface area contributed by atoms with Crippen molar-refractivity contribution in [3.05, 3.63) is 11.6 Å². The fraction of sp³-hybridized carbons (Fsp3) is 0.786. The number of ether oxygens (including phenoxy) is 1. The summed E-state index contributed by atoms with van der Waals surface area (Å²) in [7, 11) is 0. The van der Waals surface area contributed by atoms with Crippen LogP contribution in [0.3, 0.4) is 0 Å². The molecule has 4 nitrogen and oxygen atoms in total. The number of aliphatic hydroxyl groups excluding tert-OH is 2. The van der Waals surface area contributed by atoms with Crippen molar-refractivity contribution in [1.29, 1.82) is 0 Å². The fourth-order valence-electron chi connectivity index (χ4n) is 1.50. The summed E-state index contributed by atoms with van der Waals surface area (Å²) in [5, 5.41) is 19.3. The van der Waals surface area contributed by atoms with Crippen molar-refractivity contribution in [1.82, 2.24) is 0 Å². The van der Waals surface area contributed by atoms with Crippen molar-refractivity contribution in [2.45, 2.75) is 71.7 Å². The number of hydrogen-bond donors (Lipinski definition) is 2. The van der Waals surface area contributed by atoms with E-state index < -0.39 is 24.3 Å². The molecule has 0 radical (unpaired) electrons. The molecule has 0 heterocycles. The van der Waals surface area contributed by atoms with Gasteiger partial charge in [-0.3, -0.25) is 0 Å². The van der Waals surface area contributed by atoms with E-state index in [2.05, 4.69) is 0 Å². The largest absolute Gasteiger partial charge is 0.456 e.